The third kappa shape index (κ3) is 2.46. The van der Waals surface area contributed by atoms with E-state index in [9.17, 15) is 4.79 Å². The van der Waals surface area contributed by atoms with E-state index < -0.39 is 0 Å². The highest BCUT2D eigenvalue weighted by Gasteiger charge is 2.43. The van der Waals surface area contributed by atoms with Gasteiger partial charge in [-0.3, -0.25) is 9.78 Å². The number of Topliss-reactive ketones (excluding diaryl/α,β-unsaturated/α-hetero) is 1. The number of carbonyl (C=O) groups excluding carboxylic acids is 1. The normalized spacial score (nSPS) is 20.2. The minimum absolute atomic E-state index is 0.0850. The van der Waals surface area contributed by atoms with Gasteiger partial charge in [0.05, 0.1) is 17.3 Å². The summed E-state index contributed by atoms with van der Waals surface area (Å²) in [5.41, 5.74) is 3.15. The van der Waals surface area contributed by atoms with Crippen molar-refractivity contribution < 1.29 is 4.79 Å². The maximum Gasteiger partial charge on any atom is 0.174 e. The molecule has 3 nitrogen and oxygen atoms in total. The Labute approximate surface area is 129 Å². The number of fused-ring (bicyclic) bond motifs is 1. The van der Waals surface area contributed by atoms with Crippen molar-refractivity contribution in [1.29, 1.82) is 0 Å². The third-order valence-electron chi connectivity index (χ3n) is 4.10. The van der Waals surface area contributed by atoms with Crippen molar-refractivity contribution in [2.75, 3.05) is 0 Å². The van der Waals surface area contributed by atoms with E-state index >= 15 is 0 Å². The summed E-state index contributed by atoms with van der Waals surface area (Å²) in [5.74, 6) is -0.157. The summed E-state index contributed by atoms with van der Waals surface area (Å²) in [7, 11) is 0. The highest BCUT2D eigenvalue weighted by atomic mass is 35.5. The number of ketones is 1. The fourth-order valence-electron chi connectivity index (χ4n) is 3.06. The molecule has 4 heteroatoms. The molecular formula is C17H17ClN2O. The maximum absolute atomic E-state index is 12.9. The molecule has 21 heavy (non-hydrogen) atoms. The fraction of sp³-hybridized carbons (Fsp3) is 0.353. The molecule has 0 saturated carbocycles. The molecule has 0 amide bonds. The summed E-state index contributed by atoms with van der Waals surface area (Å²) in [6, 6.07) is 7.41. The minimum Gasteiger partial charge on any atom is -0.293 e. The first kappa shape index (κ1) is 14.2. The Morgan fingerprint density at radius 3 is 2.67 bits per heavy atom. The van der Waals surface area contributed by atoms with Crippen molar-refractivity contribution in [2.45, 2.75) is 33.1 Å². The van der Waals surface area contributed by atoms with Crippen LogP contribution in [0.1, 0.15) is 47.1 Å². The molecule has 1 aliphatic carbocycles. The van der Waals surface area contributed by atoms with Crippen molar-refractivity contribution in [3.63, 3.8) is 0 Å². The molecule has 3 rings (SSSR count). The van der Waals surface area contributed by atoms with E-state index in [1.807, 2.05) is 25.3 Å². The number of halogens is 1. The van der Waals surface area contributed by atoms with Gasteiger partial charge in [-0.25, -0.2) is 4.98 Å². The molecular weight excluding hydrogens is 284 g/mol. The zero-order chi connectivity index (χ0) is 15.2. The molecule has 0 radical (unpaired) electrons. The molecule has 1 atom stereocenters. The number of pyridine rings is 2. The lowest BCUT2D eigenvalue weighted by molar-refractivity contribution is 0.0854. The molecule has 1 unspecified atom stereocenters. The van der Waals surface area contributed by atoms with Crippen LogP contribution < -0.4 is 0 Å². The monoisotopic (exact) mass is 300 g/mol. The molecule has 2 aromatic heterocycles. The summed E-state index contributed by atoms with van der Waals surface area (Å²) in [6.45, 7) is 6.16. The van der Waals surface area contributed by atoms with Crippen LogP contribution in [0.4, 0.5) is 0 Å². The number of nitrogens with zero attached hydrogens (tertiary/aromatic N) is 2. The quantitative estimate of drug-likeness (QED) is 0.748. The second kappa shape index (κ2) is 4.92. The summed E-state index contributed by atoms with van der Waals surface area (Å²) in [6.07, 6.45) is 2.53. The first-order chi connectivity index (χ1) is 9.88. The Morgan fingerprint density at radius 2 is 2.00 bits per heavy atom. The standard InChI is InChI=1S/C17H17ClN2O/c1-10-4-6-12(19-9-10)15-16(21)11-5-7-14(18)20-13(11)8-17(15,2)3/h4-7,9,15H,8H2,1-3H3. The molecule has 0 spiro atoms. The van der Waals surface area contributed by atoms with E-state index in [0.717, 1.165) is 23.4 Å². The van der Waals surface area contributed by atoms with E-state index in [0.29, 0.717) is 10.7 Å². The van der Waals surface area contributed by atoms with Crippen LogP contribution >= 0.6 is 11.6 Å². The lowest BCUT2D eigenvalue weighted by Crippen LogP contribution is -2.37. The van der Waals surface area contributed by atoms with Gasteiger partial charge >= 0.3 is 0 Å². The number of aromatic nitrogens is 2. The minimum atomic E-state index is -0.242. The van der Waals surface area contributed by atoms with E-state index in [1.165, 1.54) is 0 Å². The van der Waals surface area contributed by atoms with Crippen LogP contribution in [0.3, 0.4) is 0 Å². The second-order valence-electron chi connectivity index (χ2n) is 6.35. The topological polar surface area (TPSA) is 42.9 Å². The van der Waals surface area contributed by atoms with E-state index in [1.54, 1.807) is 12.1 Å². The van der Waals surface area contributed by atoms with Crippen LogP contribution in [0, 0.1) is 12.3 Å². The van der Waals surface area contributed by atoms with E-state index in [-0.39, 0.29) is 17.1 Å². The van der Waals surface area contributed by atoms with Crippen LogP contribution in [-0.2, 0) is 6.42 Å². The maximum atomic E-state index is 12.9. The SMILES string of the molecule is Cc1ccc(C2C(=O)c3ccc(Cl)nc3CC2(C)C)nc1. The van der Waals surface area contributed by atoms with Gasteiger partial charge in [0.2, 0.25) is 0 Å². The summed E-state index contributed by atoms with van der Waals surface area (Å²) in [4.78, 5) is 21.7. The highest BCUT2D eigenvalue weighted by Crippen LogP contribution is 2.44. The van der Waals surface area contributed by atoms with Gasteiger partial charge in [0.25, 0.3) is 0 Å². The first-order valence-electron chi connectivity index (χ1n) is 7.01. The lowest BCUT2D eigenvalue weighted by Gasteiger charge is -2.37. The largest absolute Gasteiger partial charge is 0.293 e. The number of carbonyl (C=O) groups is 1. The van der Waals surface area contributed by atoms with Crippen molar-refractivity contribution in [3.8, 4) is 0 Å². The molecule has 1 aliphatic rings. The Hall–Kier alpha value is -1.74. The summed E-state index contributed by atoms with van der Waals surface area (Å²) < 4.78 is 0. The Bertz CT molecular complexity index is 707. The Kier molecular flexibility index (Phi) is 3.33. The molecule has 0 fully saturated rings. The van der Waals surface area contributed by atoms with Gasteiger partial charge in [0, 0.05) is 11.8 Å². The molecule has 2 aromatic rings. The summed E-state index contributed by atoms with van der Waals surface area (Å²) >= 11 is 5.95. The van der Waals surface area contributed by atoms with Crippen LogP contribution in [0.15, 0.2) is 30.5 Å². The van der Waals surface area contributed by atoms with Crippen molar-refractivity contribution >= 4 is 17.4 Å². The second-order valence-corrected chi connectivity index (χ2v) is 6.74. The fourth-order valence-corrected chi connectivity index (χ4v) is 3.23. The van der Waals surface area contributed by atoms with Crippen LogP contribution in [0.5, 0.6) is 0 Å². The van der Waals surface area contributed by atoms with E-state index in [2.05, 4.69) is 23.8 Å². The molecule has 0 aromatic carbocycles. The highest BCUT2D eigenvalue weighted by molar-refractivity contribution is 6.29. The predicted octanol–water partition coefficient (Wildman–Crippen LogP) is 3.99. The third-order valence-corrected chi connectivity index (χ3v) is 4.31. The van der Waals surface area contributed by atoms with Gasteiger partial charge < -0.3 is 0 Å². The van der Waals surface area contributed by atoms with Crippen LogP contribution in [0.2, 0.25) is 5.15 Å². The zero-order valence-corrected chi connectivity index (χ0v) is 13.1. The van der Waals surface area contributed by atoms with E-state index in [4.69, 9.17) is 11.6 Å². The molecule has 0 saturated heterocycles. The molecule has 0 N–H and O–H groups in total. The predicted molar refractivity (Wildman–Crippen MR) is 82.8 cm³/mol. The first-order valence-corrected chi connectivity index (χ1v) is 7.38. The Morgan fingerprint density at radius 1 is 1.24 bits per heavy atom. The number of rotatable bonds is 1. The van der Waals surface area contributed by atoms with Crippen molar-refractivity contribution in [3.05, 3.63) is 58.1 Å². The van der Waals surface area contributed by atoms with Crippen LogP contribution in [0.25, 0.3) is 0 Å². The zero-order valence-electron chi connectivity index (χ0n) is 12.4. The smallest absolute Gasteiger partial charge is 0.174 e. The van der Waals surface area contributed by atoms with Gasteiger partial charge in [-0.1, -0.05) is 31.5 Å². The number of hydrogen-bond donors (Lipinski definition) is 0. The Balaban J connectivity index is 2.11. The van der Waals surface area contributed by atoms with Crippen molar-refractivity contribution in [2.24, 2.45) is 5.41 Å². The van der Waals surface area contributed by atoms with Gasteiger partial charge in [0.15, 0.2) is 5.78 Å². The van der Waals surface area contributed by atoms with Gasteiger partial charge in [-0.2, -0.15) is 0 Å². The van der Waals surface area contributed by atoms with Crippen LogP contribution in [-0.4, -0.2) is 15.8 Å². The molecule has 108 valence electrons. The molecule has 0 bridgehead atoms. The van der Waals surface area contributed by atoms with Gasteiger partial charge in [-0.05, 0) is 42.5 Å². The van der Waals surface area contributed by atoms with Gasteiger partial charge in [-0.15, -0.1) is 0 Å². The molecule has 2 heterocycles. The van der Waals surface area contributed by atoms with Gasteiger partial charge in [0.1, 0.15) is 5.15 Å². The number of hydrogen-bond acceptors (Lipinski definition) is 3. The van der Waals surface area contributed by atoms with Crippen molar-refractivity contribution in [1.82, 2.24) is 9.97 Å². The number of aryl methyl sites for hydroxylation is 1. The lowest BCUT2D eigenvalue weighted by atomic mass is 9.66. The summed E-state index contributed by atoms with van der Waals surface area (Å²) in [5, 5.41) is 0.435. The molecule has 0 aliphatic heterocycles. The average molecular weight is 301 g/mol. The average Bonchev–Trinajstić information content (AvgIpc) is 2.39.